The number of alkyl halides is 3. The molecule has 7 rings (SSSR count). The predicted molar refractivity (Wildman–Crippen MR) is 155 cm³/mol. The molecule has 45 heavy (non-hydrogen) atoms. The maximum absolute atomic E-state index is 13.6. The second kappa shape index (κ2) is 11.5. The van der Waals surface area contributed by atoms with Gasteiger partial charge in [-0.1, -0.05) is 0 Å². The first kappa shape index (κ1) is 29.3. The van der Waals surface area contributed by atoms with E-state index < -0.39 is 23.4 Å². The summed E-state index contributed by atoms with van der Waals surface area (Å²) >= 11 is 0. The molecule has 0 unspecified atom stereocenters. The summed E-state index contributed by atoms with van der Waals surface area (Å²) in [5.74, 6) is -1.79. The van der Waals surface area contributed by atoms with Crippen LogP contribution < -0.4 is 0 Å². The summed E-state index contributed by atoms with van der Waals surface area (Å²) in [5, 5.41) is 15.2. The van der Waals surface area contributed by atoms with Gasteiger partial charge in [-0.25, -0.2) is 19.9 Å². The largest absolute Gasteiger partial charge is 0.451 e. The zero-order valence-electron chi connectivity index (χ0n) is 24.5. The Morgan fingerprint density at radius 3 is 2.60 bits per heavy atom. The fourth-order valence-electron chi connectivity index (χ4n) is 6.88. The number of fused-ring (bicyclic) bond motifs is 1. The molecule has 1 N–H and O–H groups in total. The summed E-state index contributed by atoms with van der Waals surface area (Å²) < 4.78 is 42.8. The number of aromatic amines is 1. The first-order valence-corrected chi connectivity index (χ1v) is 15.1. The number of nitriles is 1. The molecule has 0 radical (unpaired) electrons. The fraction of sp³-hybridized carbons (Fsp3) is 0.500. The number of nitrogens with zero attached hydrogens (tertiary/aromatic N) is 10. The molecule has 15 heteroatoms. The number of nitrogens with one attached hydrogen (secondary N) is 1. The summed E-state index contributed by atoms with van der Waals surface area (Å²) in [6.45, 7) is 3.77. The van der Waals surface area contributed by atoms with E-state index in [2.05, 4.69) is 41.0 Å². The Hall–Kier alpha value is -4.42. The van der Waals surface area contributed by atoms with Crippen molar-refractivity contribution in [2.45, 2.75) is 56.4 Å². The Bertz CT molecular complexity index is 1740. The summed E-state index contributed by atoms with van der Waals surface area (Å²) in [6.07, 6.45) is 6.02. The predicted octanol–water partition coefficient (Wildman–Crippen LogP) is 3.46. The van der Waals surface area contributed by atoms with E-state index in [-0.39, 0.29) is 24.0 Å². The van der Waals surface area contributed by atoms with Crippen LogP contribution in [0.4, 0.5) is 13.2 Å². The zero-order valence-corrected chi connectivity index (χ0v) is 24.5. The Morgan fingerprint density at radius 2 is 1.87 bits per heavy atom. The standard InChI is InChI=1S/C30H32F3N11O/c31-30(32,33)28-39-21(18-41-7-1-2-8-41)13-24(40-28)27(45)43-11-9-42(10-12-43)22-14-29(15-22,4-5-34)44-17-20(16-38-44)25-23-3-6-35-26(23)37-19-36-25/h3,6,13,16-17,19,22H,1-2,4,7-12,14-15,18H2,(H,35,36,37). The summed E-state index contributed by atoms with van der Waals surface area (Å²) in [5.41, 5.74) is 1.90. The van der Waals surface area contributed by atoms with E-state index in [0.717, 1.165) is 61.1 Å². The lowest BCUT2D eigenvalue weighted by molar-refractivity contribution is -0.145. The lowest BCUT2D eigenvalue weighted by atomic mass is 9.70. The monoisotopic (exact) mass is 619 g/mol. The molecule has 12 nitrogen and oxygen atoms in total. The first-order valence-electron chi connectivity index (χ1n) is 15.1. The number of H-pyrrole nitrogens is 1. The van der Waals surface area contributed by atoms with Gasteiger partial charge in [0.2, 0.25) is 5.82 Å². The number of piperazine rings is 1. The van der Waals surface area contributed by atoms with Crippen molar-refractivity contribution in [3.8, 4) is 17.3 Å². The number of hydrogen-bond donors (Lipinski definition) is 1. The molecule has 1 aliphatic carbocycles. The van der Waals surface area contributed by atoms with Gasteiger partial charge in [0, 0.05) is 62.1 Å². The quantitative estimate of drug-likeness (QED) is 0.330. The van der Waals surface area contributed by atoms with Crippen LogP contribution in [0.25, 0.3) is 22.3 Å². The average molecular weight is 620 g/mol. The molecule has 6 heterocycles. The molecule has 0 bridgehead atoms. The van der Waals surface area contributed by atoms with Crippen LogP contribution in [0.5, 0.6) is 0 Å². The van der Waals surface area contributed by atoms with Crippen LogP contribution >= 0.6 is 0 Å². The Balaban J connectivity index is 1.01. The van der Waals surface area contributed by atoms with E-state index in [1.54, 1.807) is 11.1 Å². The van der Waals surface area contributed by atoms with Gasteiger partial charge >= 0.3 is 6.18 Å². The number of halogens is 3. The highest BCUT2D eigenvalue weighted by Crippen LogP contribution is 2.45. The molecule has 2 aliphatic heterocycles. The van der Waals surface area contributed by atoms with E-state index in [4.69, 9.17) is 0 Å². The van der Waals surface area contributed by atoms with Gasteiger partial charge in [-0.2, -0.15) is 23.5 Å². The van der Waals surface area contributed by atoms with Crippen molar-refractivity contribution in [1.29, 1.82) is 5.26 Å². The van der Waals surface area contributed by atoms with E-state index in [1.165, 1.54) is 12.4 Å². The third-order valence-electron chi connectivity index (χ3n) is 9.29. The number of hydrogen-bond acceptors (Lipinski definition) is 9. The Morgan fingerprint density at radius 1 is 1.09 bits per heavy atom. The maximum Gasteiger partial charge on any atom is 0.451 e. The van der Waals surface area contributed by atoms with Crippen molar-refractivity contribution >= 4 is 16.9 Å². The van der Waals surface area contributed by atoms with Crippen molar-refractivity contribution in [1.82, 2.24) is 49.4 Å². The van der Waals surface area contributed by atoms with Crippen LogP contribution in [0.15, 0.2) is 37.1 Å². The smallest absolute Gasteiger partial charge is 0.346 e. The van der Waals surface area contributed by atoms with Gasteiger partial charge < -0.3 is 9.88 Å². The van der Waals surface area contributed by atoms with Gasteiger partial charge in [0.15, 0.2) is 0 Å². The first-order chi connectivity index (χ1) is 21.7. The van der Waals surface area contributed by atoms with Gasteiger partial charge in [-0.05, 0) is 50.9 Å². The second-order valence-electron chi connectivity index (χ2n) is 12.1. The zero-order chi connectivity index (χ0) is 31.2. The normalized spacial score (nSPS) is 22.9. The number of carbonyl (C=O) groups excluding carboxylic acids is 1. The van der Waals surface area contributed by atoms with Crippen LogP contribution in [0.3, 0.4) is 0 Å². The number of carbonyl (C=O) groups is 1. The summed E-state index contributed by atoms with van der Waals surface area (Å²) in [7, 11) is 0. The molecule has 3 fully saturated rings. The van der Waals surface area contributed by atoms with E-state index in [0.29, 0.717) is 32.6 Å². The molecule has 2 saturated heterocycles. The Kier molecular flexibility index (Phi) is 7.49. The molecule has 0 spiro atoms. The number of rotatable bonds is 7. The highest BCUT2D eigenvalue weighted by molar-refractivity contribution is 5.92. The van der Waals surface area contributed by atoms with Crippen LogP contribution in [0.2, 0.25) is 0 Å². The summed E-state index contributed by atoms with van der Waals surface area (Å²) in [6, 6.07) is 5.86. The summed E-state index contributed by atoms with van der Waals surface area (Å²) in [4.78, 5) is 38.4. The lowest BCUT2D eigenvalue weighted by Gasteiger charge is -2.52. The molecule has 4 aromatic rings. The molecule has 0 aromatic carbocycles. The average Bonchev–Trinajstić information content (AvgIpc) is 3.80. The van der Waals surface area contributed by atoms with Crippen LogP contribution in [-0.4, -0.2) is 101 Å². The van der Waals surface area contributed by atoms with Crippen molar-refractivity contribution in [3.05, 3.63) is 54.3 Å². The van der Waals surface area contributed by atoms with E-state index in [1.807, 2.05) is 28.0 Å². The minimum atomic E-state index is -4.74. The topological polar surface area (TPSA) is 136 Å². The number of amides is 1. The van der Waals surface area contributed by atoms with Gasteiger partial charge in [-0.15, -0.1) is 0 Å². The fourth-order valence-corrected chi connectivity index (χ4v) is 6.88. The molecular weight excluding hydrogens is 587 g/mol. The van der Waals surface area contributed by atoms with Crippen LogP contribution in [-0.2, 0) is 18.3 Å². The molecule has 1 saturated carbocycles. The maximum atomic E-state index is 13.6. The van der Waals surface area contributed by atoms with Gasteiger partial charge in [0.05, 0.1) is 35.6 Å². The van der Waals surface area contributed by atoms with E-state index in [9.17, 15) is 23.2 Å². The van der Waals surface area contributed by atoms with Crippen molar-refractivity contribution in [3.63, 3.8) is 0 Å². The molecule has 0 atom stereocenters. The second-order valence-corrected chi connectivity index (χ2v) is 12.1. The van der Waals surface area contributed by atoms with Crippen LogP contribution in [0, 0.1) is 11.3 Å². The molecule has 3 aliphatic rings. The van der Waals surface area contributed by atoms with Crippen LogP contribution in [0.1, 0.15) is 54.1 Å². The minimum Gasteiger partial charge on any atom is -0.346 e. The Labute approximate surface area is 256 Å². The van der Waals surface area contributed by atoms with Gasteiger partial charge in [0.25, 0.3) is 5.91 Å². The minimum absolute atomic E-state index is 0.196. The SMILES string of the molecule is N#CCC1(n2cc(-c3ncnc4[nH]ccc34)cn2)CC(N2CCN(C(=O)c3cc(CN4CCCC4)nc(C(F)(F)F)n3)CC2)C1. The third kappa shape index (κ3) is 5.64. The van der Waals surface area contributed by atoms with Crippen molar-refractivity contribution in [2.24, 2.45) is 0 Å². The van der Waals surface area contributed by atoms with Crippen molar-refractivity contribution in [2.75, 3.05) is 39.3 Å². The lowest BCUT2D eigenvalue weighted by Crippen LogP contribution is -2.60. The van der Waals surface area contributed by atoms with E-state index >= 15 is 0 Å². The molecule has 4 aromatic heterocycles. The van der Waals surface area contributed by atoms with Gasteiger partial charge in [0.1, 0.15) is 17.7 Å². The highest BCUT2D eigenvalue weighted by Gasteiger charge is 2.49. The molecule has 1 amide bonds. The number of aromatic nitrogens is 7. The number of likely N-dealkylation sites (tertiary alicyclic amines) is 1. The molecular formula is C30H32F3N11O. The molecule has 234 valence electrons. The van der Waals surface area contributed by atoms with Gasteiger partial charge in [-0.3, -0.25) is 19.3 Å². The third-order valence-corrected chi connectivity index (χ3v) is 9.29. The highest BCUT2D eigenvalue weighted by atomic mass is 19.4. The van der Waals surface area contributed by atoms with Crippen molar-refractivity contribution < 1.29 is 18.0 Å².